The van der Waals surface area contributed by atoms with E-state index in [2.05, 4.69) is 5.32 Å². The SMILES string of the molecule is CCc1ccc(C(=O)CC(NC=O)C(=O)O)s1. The lowest BCUT2D eigenvalue weighted by atomic mass is 10.1. The number of carboxylic acids is 1. The van der Waals surface area contributed by atoms with Crippen molar-refractivity contribution in [3.8, 4) is 0 Å². The topological polar surface area (TPSA) is 83.5 Å². The average molecular weight is 255 g/mol. The molecule has 0 aromatic carbocycles. The zero-order valence-electron chi connectivity index (χ0n) is 9.30. The number of carbonyl (C=O) groups excluding carboxylic acids is 2. The molecule has 6 heteroatoms. The highest BCUT2D eigenvalue weighted by molar-refractivity contribution is 7.14. The van der Waals surface area contributed by atoms with E-state index >= 15 is 0 Å². The van der Waals surface area contributed by atoms with Crippen molar-refractivity contribution in [1.82, 2.24) is 5.32 Å². The van der Waals surface area contributed by atoms with Crippen LogP contribution in [-0.4, -0.2) is 29.3 Å². The molecule has 0 bridgehead atoms. The quantitative estimate of drug-likeness (QED) is 0.564. The van der Waals surface area contributed by atoms with Crippen molar-refractivity contribution in [2.45, 2.75) is 25.8 Å². The summed E-state index contributed by atoms with van der Waals surface area (Å²) in [6.07, 6.45) is 0.905. The second kappa shape index (κ2) is 6.15. The molecule has 1 aromatic heterocycles. The van der Waals surface area contributed by atoms with Crippen LogP contribution in [0.3, 0.4) is 0 Å². The summed E-state index contributed by atoms with van der Waals surface area (Å²) in [5, 5.41) is 10.9. The van der Waals surface area contributed by atoms with Gasteiger partial charge < -0.3 is 10.4 Å². The van der Waals surface area contributed by atoms with Gasteiger partial charge in [-0.3, -0.25) is 9.59 Å². The van der Waals surface area contributed by atoms with Crippen molar-refractivity contribution >= 4 is 29.5 Å². The summed E-state index contributed by atoms with van der Waals surface area (Å²) in [6, 6.07) is 2.37. The van der Waals surface area contributed by atoms with Gasteiger partial charge in [0.25, 0.3) is 0 Å². The van der Waals surface area contributed by atoms with E-state index in [9.17, 15) is 14.4 Å². The fourth-order valence-corrected chi connectivity index (χ4v) is 2.20. The van der Waals surface area contributed by atoms with Crippen LogP contribution in [0, 0.1) is 0 Å². The average Bonchev–Trinajstić information content (AvgIpc) is 2.76. The van der Waals surface area contributed by atoms with E-state index in [0.29, 0.717) is 4.88 Å². The van der Waals surface area contributed by atoms with Crippen LogP contribution in [0.4, 0.5) is 0 Å². The van der Waals surface area contributed by atoms with E-state index in [0.717, 1.165) is 11.3 Å². The number of amides is 1. The molecule has 0 spiro atoms. The smallest absolute Gasteiger partial charge is 0.326 e. The van der Waals surface area contributed by atoms with Gasteiger partial charge in [0.1, 0.15) is 6.04 Å². The van der Waals surface area contributed by atoms with Crippen molar-refractivity contribution in [2.75, 3.05) is 0 Å². The van der Waals surface area contributed by atoms with Crippen LogP contribution < -0.4 is 5.32 Å². The van der Waals surface area contributed by atoms with Crippen LogP contribution in [0.2, 0.25) is 0 Å². The normalized spacial score (nSPS) is 11.8. The standard InChI is InChI=1S/C11H13NO4S/c1-2-7-3-4-10(17-7)9(14)5-8(11(15)16)12-6-13/h3-4,6,8H,2,5H2,1H3,(H,12,13)(H,15,16). The van der Waals surface area contributed by atoms with Crippen molar-refractivity contribution in [3.63, 3.8) is 0 Å². The largest absolute Gasteiger partial charge is 0.480 e. The molecule has 92 valence electrons. The first-order valence-electron chi connectivity index (χ1n) is 5.12. The van der Waals surface area contributed by atoms with Crippen LogP contribution in [0.25, 0.3) is 0 Å². The minimum atomic E-state index is -1.21. The number of aliphatic carboxylic acids is 1. The Morgan fingerprint density at radius 3 is 2.71 bits per heavy atom. The van der Waals surface area contributed by atoms with Crippen molar-refractivity contribution in [1.29, 1.82) is 0 Å². The zero-order chi connectivity index (χ0) is 12.8. The summed E-state index contributed by atoms with van der Waals surface area (Å²) >= 11 is 1.35. The number of aryl methyl sites for hydroxylation is 1. The minimum absolute atomic E-state index is 0.224. The van der Waals surface area contributed by atoms with Crippen LogP contribution in [0.1, 0.15) is 27.9 Å². The third kappa shape index (κ3) is 3.67. The van der Waals surface area contributed by atoms with E-state index in [1.165, 1.54) is 11.3 Å². The number of hydrogen-bond donors (Lipinski definition) is 2. The zero-order valence-corrected chi connectivity index (χ0v) is 10.1. The first-order valence-corrected chi connectivity index (χ1v) is 5.94. The van der Waals surface area contributed by atoms with Gasteiger partial charge in [-0.1, -0.05) is 6.92 Å². The Hall–Kier alpha value is -1.69. The van der Waals surface area contributed by atoms with Gasteiger partial charge in [0.05, 0.1) is 4.88 Å². The molecule has 0 fully saturated rings. The van der Waals surface area contributed by atoms with Crippen molar-refractivity contribution < 1.29 is 19.5 Å². The van der Waals surface area contributed by atoms with Crippen LogP contribution in [0.5, 0.6) is 0 Å². The Labute approximate surface area is 102 Å². The summed E-state index contributed by atoms with van der Waals surface area (Å²) in [5.41, 5.74) is 0. The maximum atomic E-state index is 11.8. The molecule has 0 aliphatic carbocycles. The van der Waals surface area contributed by atoms with Gasteiger partial charge in [-0.15, -0.1) is 11.3 Å². The lowest BCUT2D eigenvalue weighted by Gasteiger charge is -2.08. The summed E-state index contributed by atoms with van der Waals surface area (Å²) in [6.45, 7) is 1.98. The van der Waals surface area contributed by atoms with E-state index in [4.69, 9.17) is 5.11 Å². The van der Waals surface area contributed by atoms with Gasteiger partial charge >= 0.3 is 5.97 Å². The minimum Gasteiger partial charge on any atom is -0.480 e. The molecule has 1 heterocycles. The van der Waals surface area contributed by atoms with Crippen molar-refractivity contribution in [2.24, 2.45) is 0 Å². The highest BCUT2D eigenvalue weighted by atomic mass is 32.1. The highest BCUT2D eigenvalue weighted by Gasteiger charge is 2.21. The number of ketones is 1. The number of Topliss-reactive ketones (excluding diaryl/α,β-unsaturated/α-hetero) is 1. The molecular formula is C11H13NO4S. The van der Waals surface area contributed by atoms with Gasteiger partial charge in [-0.25, -0.2) is 4.79 Å². The maximum absolute atomic E-state index is 11.8. The van der Waals surface area contributed by atoms with Gasteiger partial charge in [0.15, 0.2) is 5.78 Å². The number of rotatable bonds is 7. The summed E-state index contributed by atoms with van der Waals surface area (Å²) in [4.78, 5) is 34.3. The molecule has 0 saturated heterocycles. The molecule has 1 aromatic rings. The Kier molecular flexibility index (Phi) is 4.84. The van der Waals surface area contributed by atoms with E-state index < -0.39 is 12.0 Å². The third-order valence-corrected chi connectivity index (χ3v) is 3.51. The molecule has 1 rings (SSSR count). The van der Waals surface area contributed by atoms with Gasteiger partial charge in [-0.05, 0) is 18.6 Å². The van der Waals surface area contributed by atoms with E-state index in [1.54, 1.807) is 6.07 Å². The monoisotopic (exact) mass is 255 g/mol. The fourth-order valence-electron chi connectivity index (χ4n) is 1.30. The number of carboxylic acid groups (broad SMARTS) is 1. The second-order valence-corrected chi connectivity index (χ2v) is 4.59. The second-order valence-electron chi connectivity index (χ2n) is 3.42. The van der Waals surface area contributed by atoms with Gasteiger partial charge in [-0.2, -0.15) is 0 Å². The van der Waals surface area contributed by atoms with Crippen LogP contribution >= 0.6 is 11.3 Å². The van der Waals surface area contributed by atoms with Crippen LogP contribution in [-0.2, 0) is 16.0 Å². The Morgan fingerprint density at radius 1 is 1.53 bits per heavy atom. The predicted molar refractivity (Wildman–Crippen MR) is 63.3 cm³/mol. The molecule has 1 amide bonds. The number of nitrogens with one attached hydrogen (secondary N) is 1. The number of carbonyl (C=O) groups is 3. The molecule has 0 aliphatic rings. The Morgan fingerprint density at radius 2 is 2.24 bits per heavy atom. The van der Waals surface area contributed by atoms with Crippen molar-refractivity contribution in [3.05, 3.63) is 21.9 Å². The lowest BCUT2D eigenvalue weighted by Crippen LogP contribution is -2.37. The lowest BCUT2D eigenvalue weighted by molar-refractivity contribution is -0.140. The van der Waals surface area contributed by atoms with E-state index in [1.807, 2.05) is 13.0 Å². The van der Waals surface area contributed by atoms with Gasteiger partial charge in [0, 0.05) is 11.3 Å². The molecular weight excluding hydrogens is 242 g/mol. The molecule has 0 saturated carbocycles. The third-order valence-electron chi connectivity index (χ3n) is 2.24. The Balaban J connectivity index is 2.69. The molecule has 0 radical (unpaired) electrons. The summed E-state index contributed by atoms with van der Waals surface area (Å²) < 4.78 is 0. The maximum Gasteiger partial charge on any atom is 0.326 e. The first-order chi connectivity index (χ1) is 8.08. The summed E-state index contributed by atoms with van der Waals surface area (Å²) in [7, 11) is 0. The molecule has 17 heavy (non-hydrogen) atoms. The highest BCUT2D eigenvalue weighted by Crippen LogP contribution is 2.19. The van der Waals surface area contributed by atoms with E-state index in [-0.39, 0.29) is 18.6 Å². The molecule has 0 aliphatic heterocycles. The Bertz CT molecular complexity index is 427. The van der Waals surface area contributed by atoms with Crippen LogP contribution in [0.15, 0.2) is 12.1 Å². The fraction of sp³-hybridized carbons (Fsp3) is 0.364. The predicted octanol–water partition coefficient (Wildman–Crippen LogP) is 1.08. The molecule has 1 atom stereocenters. The number of thiophene rings is 1. The molecule has 2 N–H and O–H groups in total. The molecule has 1 unspecified atom stereocenters. The number of hydrogen-bond acceptors (Lipinski definition) is 4. The summed E-state index contributed by atoms with van der Waals surface area (Å²) in [5.74, 6) is -1.48. The molecule has 5 nitrogen and oxygen atoms in total. The first kappa shape index (κ1) is 13.4. The van der Waals surface area contributed by atoms with Gasteiger partial charge in [0.2, 0.25) is 6.41 Å².